The first kappa shape index (κ1) is 18.4. The molecule has 3 rings (SSSR count). The fourth-order valence-electron chi connectivity index (χ4n) is 3.35. The van der Waals surface area contributed by atoms with Crippen LogP contribution in [0.5, 0.6) is 0 Å². The maximum atomic E-state index is 12.2. The molecule has 0 bridgehead atoms. The summed E-state index contributed by atoms with van der Waals surface area (Å²) in [6.45, 7) is 6.75. The number of rotatable bonds is 6. The first-order valence-electron chi connectivity index (χ1n) is 9.51. The van der Waals surface area contributed by atoms with Crippen molar-refractivity contribution in [1.82, 2.24) is 15.3 Å². The number of hydrogen-bond donors (Lipinski definition) is 1. The molecule has 138 valence electrons. The molecule has 1 saturated heterocycles. The van der Waals surface area contributed by atoms with Gasteiger partial charge in [0.15, 0.2) is 0 Å². The molecule has 0 atom stereocenters. The summed E-state index contributed by atoms with van der Waals surface area (Å²) in [5.41, 5.74) is 1.86. The molecule has 0 spiro atoms. The fraction of sp³-hybridized carbons (Fsp3) is 0.476. The van der Waals surface area contributed by atoms with Crippen LogP contribution in [0.3, 0.4) is 0 Å². The molecule has 5 heteroatoms. The Morgan fingerprint density at radius 3 is 2.62 bits per heavy atom. The van der Waals surface area contributed by atoms with Crippen molar-refractivity contribution in [3.8, 4) is 0 Å². The van der Waals surface area contributed by atoms with Crippen molar-refractivity contribution in [2.75, 3.05) is 24.5 Å². The number of benzene rings is 1. The molecule has 0 saturated carbocycles. The summed E-state index contributed by atoms with van der Waals surface area (Å²) in [6.07, 6.45) is 4.93. The normalized spacial score (nSPS) is 15.3. The van der Waals surface area contributed by atoms with Gasteiger partial charge in [-0.25, -0.2) is 9.97 Å². The number of carbonyl (C=O) groups is 1. The summed E-state index contributed by atoms with van der Waals surface area (Å²) in [5, 5.41) is 2.92. The third kappa shape index (κ3) is 5.04. The van der Waals surface area contributed by atoms with E-state index >= 15 is 0 Å². The minimum Gasteiger partial charge on any atom is -0.356 e. The fourth-order valence-corrected chi connectivity index (χ4v) is 3.35. The van der Waals surface area contributed by atoms with E-state index in [1.165, 1.54) is 11.9 Å². The molecule has 1 N–H and O–H groups in total. The van der Waals surface area contributed by atoms with Gasteiger partial charge in [0.1, 0.15) is 17.8 Å². The molecule has 0 radical (unpaired) electrons. The second-order valence-corrected chi connectivity index (χ2v) is 7.49. The minimum atomic E-state index is -0.124. The third-order valence-corrected chi connectivity index (χ3v) is 4.86. The Hall–Kier alpha value is -2.43. The highest BCUT2D eigenvalue weighted by molar-refractivity contribution is 5.92. The average Bonchev–Trinajstić information content (AvgIpc) is 2.67. The molecule has 1 amide bonds. The molecular formula is C21H28N4O. The zero-order valence-electron chi connectivity index (χ0n) is 15.7. The van der Waals surface area contributed by atoms with E-state index in [0.29, 0.717) is 24.1 Å². The van der Waals surface area contributed by atoms with E-state index in [2.05, 4.69) is 64.4 Å². The molecule has 1 aliphatic rings. The van der Waals surface area contributed by atoms with Crippen molar-refractivity contribution >= 4 is 11.7 Å². The van der Waals surface area contributed by atoms with Gasteiger partial charge in [-0.15, -0.1) is 0 Å². The highest BCUT2D eigenvalue weighted by Crippen LogP contribution is 2.24. The van der Waals surface area contributed by atoms with E-state index in [9.17, 15) is 4.79 Å². The number of piperidine rings is 1. The van der Waals surface area contributed by atoms with Crippen molar-refractivity contribution < 1.29 is 4.79 Å². The van der Waals surface area contributed by atoms with Gasteiger partial charge in [-0.2, -0.15) is 0 Å². The van der Waals surface area contributed by atoms with Gasteiger partial charge in [0, 0.05) is 25.7 Å². The van der Waals surface area contributed by atoms with Gasteiger partial charge in [-0.05, 0) is 36.7 Å². The van der Waals surface area contributed by atoms with Gasteiger partial charge in [-0.3, -0.25) is 4.79 Å². The summed E-state index contributed by atoms with van der Waals surface area (Å²) in [4.78, 5) is 23.0. The van der Waals surface area contributed by atoms with Crippen LogP contribution in [-0.2, 0) is 6.42 Å². The van der Waals surface area contributed by atoms with Gasteiger partial charge in [0.2, 0.25) is 0 Å². The van der Waals surface area contributed by atoms with Crippen LogP contribution < -0.4 is 10.2 Å². The Bertz CT molecular complexity index is 709. The standard InChI is InChI=1S/C21H28N4O/c1-16(2)14-22-21(26)19-13-20(24-15-23-19)25-10-8-18(9-11-25)12-17-6-4-3-5-7-17/h3-7,13,15-16,18H,8-12,14H2,1-2H3,(H,22,26). The van der Waals surface area contributed by atoms with E-state index in [4.69, 9.17) is 0 Å². The van der Waals surface area contributed by atoms with Gasteiger partial charge in [-0.1, -0.05) is 44.2 Å². The van der Waals surface area contributed by atoms with Gasteiger partial charge >= 0.3 is 0 Å². The summed E-state index contributed by atoms with van der Waals surface area (Å²) in [6, 6.07) is 12.5. The lowest BCUT2D eigenvalue weighted by Gasteiger charge is -2.33. The lowest BCUT2D eigenvalue weighted by molar-refractivity contribution is 0.0944. The Kier molecular flexibility index (Phi) is 6.21. The van der Waals surface area contributed by atoms with Crippen LogP contribution in [0, 0.1) is 11.8 Å². The van der Waals surface area contributed by atoms with Crippen molar-refractivity contribution in [3.63, 3.8) is 0 Å². The highest BCUT2D eigenvalue weighted by atomic mass is 16.1. The van der Waals surface area contributed by atoms with Crippen molar-refractivity contribution in [3.05, 3.63) is 54.0 Å². The van der Waals surface area contributed by atoms with Crippen LogP contribution in [0.4, 0.5) is 5.82 Å². The summed E-state index contributed by atoms with van der Waals surface area (Å²) in [5.74, 6) is 1.86. The van der Waals surface area contributed by atoms with Crippen LogP contribution in [0.25, 0.3) is 0 Å². The zero-order chi connectivity index (χ0) is 18.4. The zero-order valence-corrected chi connectivity index (χ0v) is 15.7. The number of carbonyl (C=O) groups excluding carboxylic acids is 1. The molecule has 26 heavy (non-hydrogen) atoms. The monoisotopic (exact) mass is 352 g/mol. The smallest absolute Gasteiger partial charge is 0.270 e. The van der Waals surface area contributed by atoms with Crippen molar-refractivity contribution in [2.24, 2.45) is 11.8 Å². The quantitative estimate of drug-likeness (QED) is 0.866. The summed E-state index contributed by atoms with van der Waals surface area (Å²) >= 11 is 0. The molecule has 0 aliphatic carbocycles. The summed E-state index contributed by atoms with van der Waals surface area (Å²) < 4.78 is 0. The van der Waals surface area contributed by atoms with Crippen molar-refractivity contribution in [1.29, 1.82) is 0 Å². The first-order chi connectivity index (χ1) is 12.6. The maximum Gasteiger partial charge on any atom is 0.270 e. The highest BCUT2D eigenvalue weighted by Gasteiger charge is 2.21. The van der Waals surface area contributed by atoms with Gasteiger partial charge in [0.25, 0.3) is 5.91 Å². The number of nitrogens with zero attached hydrogens (tertiary/aromatic N) is 3. The second kappa shape index (κ2) is 8.79. The molecule has 1 aliphatic heterocycles. The van der Waals surface area contributed by atoms with E-state index in [1.54, 1.807) is 0 Å². The third-order valence-electron chi connectivity index (χ3n) is 4.86. The predicted molar refractivity (Wildman–Crippen MR) is 104 cm³/mol. The van der Waals surface area contributed by atoms with E-state index < -0.39 is 0 Å². The Labute approximate surface area is 155 Å². The topological polar surface area (TPSA) is 58.1 Å². The van der Waals surface area contributed by atoms with Crippen LogP contribution in [0.2, 0.25) is 0 Å². The lowest BCUT2D eigenvalue weighted by Crippen LogP contribution is -2.35. The second-order valence-electron chi connectivity index (χ2n) is 7.49. The Balaban J connectivity index is 1.56. The number of nitrogens with one attached hydrogen (secondary N) is 1. The molecule has 2 heterocycles. The first-order valence-corrected chi connectivity index (χ1v) is 9.51. The molecule has 1 fully saturated rings. The van der Waals surface area contributed by atoms with Crippen LogP contribution in [0.15, 0.2) is 42.7 Å². The molecule has 0 unspecified atom stereocenters. The number of hydrogen-bond acceptors (Lipinski definition) is 4. The Morgan fingerprint density at radius 2 is 1.92 bits per heavy atom. The molecule has 1 aromatic carbocycles. The van der Waals surface area contributed by atoms with E-state index in [1.807, 2.05) is 6.07 Å². The van der Waals surface area contributed by atoms with Gasteiger partial charge < -0.3 is 10.2 Å². The SMILES string of the molecule is CC(C)CNC(=O)c1cc(N2CCC(Cc3ccccc3)CC2)ncn1. The van der Waals surface area contributed by atoms with Crippen molar-refractivity contribution in [2.45, 2.75) is 33.1 Å². The number of anilines is 1. The number of amides is 1. The minimum absolute atomic E-state index is 0.124. The predicted octanol–water partition coefficient (Wildman–Crippen LogP) is 3.32. The lowest BCUT2D eigenvalue weighted by atomic mass is 9.90. The van der Waals surface area contributed by atoms with Crippen LogP contribution in [0.1, 0.15) is 42.7 Å². The Morgan fingerprint density at radius 1 is 1.19 bits per heavy atom. The number of aromatic nitrogens is 2. The van der Waals surface area contributed by atoms with Gasteiger partial charge in [0.05, 0.1) is 0 Å². The maximum absolute atomic E-state index is 12.2. The largest absolute Gasteiger partial charge is 0.356 e. The van der Waals surface area contributed by atoms with Crippen LogP contribution >= 0.6 is 0 Å². The van der Waals surface area contributed by atoms with Crippen LogP contribution in [-0.4, -0.2) is 35.5 Å². The average molecular weight is 352 g/mol. The molecule has 2 aromatic rings. The molecule has 5 nitrogen and oxygen atoms in total. The van der Waals surface area contributed by atoms with E-state index in [-0.39, 0.29) is 5.91 Å². The molecule has 1 aromatic heterocycles. The summed E-state index contributed by atoms with van der Waals surface area (Å²) in [7, 11) is 0. The van der Waals surface area contributed by atoms with E-state index in [0.717, 1.165) is 38.2 Å². The molecular weight excluding hydrogens is 324 g/mol.